The molecular formula is C24H21N5O2. The third kappa shape index (κ3) is 3.40. The fraction of sp³-hybridized carbons (Fsp3) is 0.125. The van der Waals surface area contributed by atoms with Gasteiger partial charge in [-0.2, -0.15) is 0 Å². The Morgan fingerprint density at radius 2 is 1.65 bits per heavy atom. The summed E-state index contributed by atoms with van der Waals surface area (Å²) in [5, 5.41) is 12.7. The summed E-state index contributed by atoms with van der Waals surface area (Å²) in [6, 6.07) is 25.0. The molecule has 2 heterocycles. The van der Waals surface area contributed by atoms with Crippen molar-refractivity contribution in [1.82, 2.24) is 19.2 Å². The molecule has 31 heavy (non-hydrogen) atoms. The summed E-state index contributed by atoms with van der Waals surface area (Å²) in [5.74, 6) is 2.74. The van der Waals surface area contributed by atoms with Gasteiger partial charge in [0.15, 0.2) is 11.6 Å². The number of hydrogen-bond acceptors (Lipinski definition) is 5. The zero-order chi connectivity index (χ0) is 21.2. The van der Waals surface area contributed by atoms with Gasteiger partial charge < -0.3 is 10.1 Å². The number of para-hydroxylation sites is 4. The molecule has 0 amide bonds. The molecule has 0 saturated carbocycles. The van der Waals surface area contributed by atoms with E-state index in [4.69, 9.17) is 4.74 Å². The van der Waals surface area contributed by atoms with Crippen LogP contribution >= 0.6 is 0 Å². The lowest BCUT2D eigenvalue weighted by atomic mass is 10.2. The van der Waals surface area contributed by atoms with Crippen LogP contribution in [0.3, 0.4) is 0 Å². The van der Waals surface area contributed by atoms with Crippen LogP contribution < -0.4 is 15.6 Å². The molecule has 2 aromatic heterocycles. The maximum atomic E-state index is 12.8. The Morgan fingerprint density at radius 3 is 2.48 bits per heavy atom. The van der Waals surface area contributed by atoms with Gasteiger partial charge in [0.1, 0.15) is 5.75 Å². The van der Waals surface area contributed by atoms with Crippen molar-refractivity contribution < 1.29 is 4.74 Å². The molecule has 154 valence electrons. The molecule has 0 aliphatic heterocycles. The first-order valence-corrected chi connectivity index (χ1v) is 10.2. The molecule has 0 fully saturated rings. The standard InChI is InChI=1S/C24H21N5O2/c1-2-28-23(30)18-12-6-8-14-20(18)29-22(26-27-24(28)29)16-25-19-13-7-9-15-21(19)31-17-10-4-3-5-11-17/h3-15,25H,2,16H2,1H3. The second-order valence-corrected chi connectivity index (χ2v) is 7.08. The van der Waals surface area contributed by atoms with Gasteiger partial charge in [0.2, 0.25) is 5.78 Å². The van der Waals surface area contributed by atoms with E-state index in [0.29, 0.717) is 30.1 Å². The zero-order valence-electron chi connectivity index (χ0n) is 17.0. The van der Waals surface area contributed by atoms with Crippen molar-refractivity contribution in [2.45, 2.75) is 20.0 Å². The fourth-order valence-corrected chi connectivity index (χ4v) is 3.71. The van der Waals surface area contributed by atoms with E-state index in [0.717, 1.165) is 22.7 Å². The predicted octanol–water partition coefficient (Wildman–Crippen LogP) is 4.47. The first-order chi connectivity index (χ1) is 15.3. The van der Waals surface area contributed by atoms with Crippen molar-refractivity contribution >= 4 is 22.4 Å². The molecule has 0 spiro atoms. The minimum atomic E-state index is -0.0564. The normalized spacial score (nSPS) is 11.1. The molecular weight excluding hydrogens is 390 g/mol. The lowest BCUT2D eigenvalue weighted by molar-refractivity contribution is 0.484. The summed E-state index contributed by atoms with van der Waals surface area (Å²) in [6.45, 7) is 2.87. The van der Waals surface area contributed by atoms with Gasteiger partial charge in [-0.25, -0.2) is 0 Å². The largest absolute Gasteiger partial charge is 0.455 e. The fourth-order valence-electron chi connectivity index (χ4n) is 3.71. The molecule has 7 heteroatoms. The summed E-state index contributed by atoms with van der Waals surface area (Å²) in [5.41, 5.74) is 1.58. The molecule has 1 N–H and O–H groups in total. The molecule has 0 aliphatic rings. The molecule has 3 aromatic carbocycles. The first kappa shape index (κ1) is 18.9. The number of ether oxygens (including phenoxy) is 1. The summed E-state index contributed by atoms with van der Waals surface area (Å²) in [6.07, 6.45) is 0. The molecule has 5 aromatic rings. The minimum absolute atomic E-state index is 0.0564. The van der Waals surface area contributed by atoms with Crippen LogP contribution in [0.4, 0.5) is 5.69 Å². The number of aromatic nitrogens is 4. The lowest BCUT2D eigenvalue weighted by Crippen LogP contribution is -2.22. The van der Waals surface area contributed by atoms with E-state index in [2.05, 4.69) is 15.5 Å². The predicted molar refractivity (Wildman–Crippen MR) is 121 cm³/mol. The van der Waals surface area contributed by atoms with Crippen molar-refractivity contribution in [2.75, 3.05) is 5.32 Å². The van der Waals surface area contributed by atoms with Crippen LogP contribution in [0.1, 0.15) is 12.7 Å². The number of anilines is 1. The van der Waals surface area contributed by atoms with E-state index in [9.17, 15) is 4.79 Å². The molecule has 0 atom stereocenters. The van der Waals surface area contributed by atoms with Gasteiger partial charge in [0, 0.05) is 6.54 Å². The third-order valence-corrected chi connectivity index (χ3v) is 5.19. The minimum Gasteiger partial charge on any atom is -0.455 e. The third-order valence-electron chi connectivity index (χ3n) is 5.19. The van der Waals surface area contributed by atoms with Gasteiger partial charge >= 0.3 is 0 Å². The number of aryl methyl sites for hydroxylation is 1. The summed E-state index contributed by atoms with van der Waals surface area (Å²) < 4.78 is 9.62. The van der Waals surface area contributed by atoms with Crippen molar-refractivity contribution in [1.29, 1.82) is 0 Å². The molecule has 0 saturated heterocycles. The van der Waals surface area contributed by atoms with E-state index in [1.54, 1.807) is 4.57 Å². The average molecular weight is 411 g/mol. The van der Waals surface area contributed by atoms with Gasteiger partial charge in [0.05, 0.1) is 23.1 Å². The van der Waals surface area contributed by atoms with Gasteiger partial charge in [0.25, 0.3) is 5.56 Å². The first-order valence-electron chi connectivity index (χ1n) is 10.2. The second kappa shape index (κ2) is 7.95. The number of nitrogens with zero attached hydrogens (tertiary/aromatic N) is 4. The Labute approximate surface area is 178 Å². The Kier molecular flexibility index (Phi) is 4.84. The SMILES string of the molecule is CCn1c(=O)c2ccccc2n2c(CNc3ccccc3Oc3ccccc3)nnc12. The van der Waals surface area contributed by atoms with E-state index in [-0.39, 0.29) is 5.56 Å². The van der Waals surface area contributed by atoms with E-state index in [1.165, 1.54) is 0 Å². The molecule has 0 bridgehead atoms. The second-order valence-electron chi connectivity index (χ2n) is 7.08. The Hall–Kier alpha value is -4.13. The molecule has 0 unspecified atom stereocenters. The Bertz CT molecular complexity index is 1420. The van der Waals surface area contributed by atoms with Gasteiger partial charge in [-0.1, -0.05) is 42.5 Å². The molecule has 0 aliphatic carbocycles. The van der Waals surface area contributed by atoms with Gasteiger partial charge in [-0.3, -0.25) is 13.8 Å². The molecule has 5 rings (SSSR count). The number of rotatable bonds is 6. The summed E-state index contributed by atoms with van der Waals surface area (Å²) in [7, 11) is 0. The number of hydrogen-bond donors (Lipinski definition) is 1. The van der Waals surface area contributed by atoms with E-state index in [1.807, 2.05) is 90.2 Å². The lowest BCUT2D eigenvalue weighted by Gasteiger charge is -2.13. The quantitative estimate of drug-likeness (QED) is 0.446. The van der Waals surface area contributed by atoms with Crippen LogP contribution in [0.5, 0.6) is 11.5 Å². The van der Waals surface area contributed by atoms with Crippen molar-refractivity contribution in [3.05, 3.63) is 95.0 Å². The highest BCUT2D eigenvalue weighted by Crippen LogP contribution is 2.29. The monoisotopic (exact) mass is 411 g/mol. The van der Waals surface area contributed by atoms with Crippen LogP contribution in [0.25, 0.3) is 16.7 Å². The highest BCUT2D eigenvalue weighted by molar-refractivity contribution is 5.80. The van der Waals surface area contributed by atoms with Crippen molar-refractivity contribution in [3.8, 4) is 11.5 Å². The summed E-state index contributed by atoms with van der Waals surface area (Å²) in [4.78, 5) is 12.8. The topological polar surface area (TPSA) is 73.5 Å². The molecule has 0 radical (unpaired) electrons. The van der Waals surface area contributed by atoms with Crippen LogP contribution in [0.15, 0.2) is 83.7 Å². The van der Waals surface area contributed by atoms with Gasteiger partial charge in [-0.15, -0.1) is 10.2 Å². The zero-order valence-corrected chi connectivity index (χ0v) is 17.0. The maximum Gasteiger partial charge on any atom is 0.262 e. The van der Waals surface area contributed by atoms with Crippen LogP contribution in [0, 0.1) is 0 Å². The van der Waals surface area contributed by atoms with Crippen molar-refractivity contribution in [3.63, 3.8) is 0 Å². The van der Waals surface area contributed by atoms with Crippen LogP contribution in [0.2, 0.25) is 0 Å². The number of benzene rings is 3. The average Bonchev–Trinajstić information content (AvgIpc) is 3.23. The molecule has 7 nitrogen and oxygen atoms in total. The highest BCUT2D eigenvalue weighted by Gasteiger charge is 2.16. The Balaban J connectivity index is 1.52. The Morgan fingerprint density at radius 1 is 0.903 bits per heavy atom. The van der Waals surface area contributed by atoms with Crippen LogP contribution in [-0.4, -0.2) is 19.2 Å². The van der Waals surface area contributed by atoms with Gasteiger partial charge in [-0.05, 0) is 43.3 Å². The maximum absolute atomic E-state index is 12.8. The van der Waals surface area contributed by atoms with Crippen LogP contribution in [-0.2, 0) is 13.1 Å². The number of nitrogens with one attached hydrogen (secondary N) is 1. The number of fused-ring (bicyclic) bond motifs is 3. The van der Waals surface area contributed by atoms with Crippen molar-refractivity contribution in [2.24, 2.45) is 0 Å². The van der Waals surface area contributed by atoms with E-state index >= 15 is 0 Å². The van der Waals surface area contributed by atoms with E-state index < -0.39 is 0 Å². The smallest absolute Gasteiger partial charge is 0.262 e. The highest BCUT2D eigenvalue weighted by atomic mass is 16.5. The summed E-state index contributed by atoms with van der Waals surface area (Å²) >= 11 is 0.